The lowest BCUT2D eigenvalue weighted by atomic mass is 10.2. The highest BCUT2D eigenvalue weighted by Gasteiger charge is 2.16. The van der Waals surface area contributed by atoms with E-state index in [1.165, 1.54) is 18.9 Å². The number of nitrogens with zero attached hydrogens (tertiary/aromatic N) is 4. The first kappa shape index (κ1) is 15.5. The Kier molecular flexibility index (Phi) is 5.32. The van der Waals surface area contributed by atoms with E-state index in [1.807, 2.05) is 16.7 Å². The maximum absolute atomic E-state index is 11.3. The van der Waals surface area contributed by atoms with Crippen LogP contribution < -0.4 is 0 Å². The molecule has 2 aromatic rings. The fourth-order valence-corrected chi connectivity index (χ4v) is 2.60. The van der Waals surface area contributed by atoms with Crippen LogP contribution in [0.5, 0.6) is 0 Å². The average Bonchev–Trinajstić information content (AvgIpc) is 2.87. The van der Waals surface area contributed by atoms with Gasteiger partial charge >= 0.3 is 5.97 Å². The van der Waals surface area contributed by atoms with Crippen LogP contribution in [-0.2, 0) is 16.1 Å². The summed E-state index contributed by atoms with van der Waals surface area (Å²) < 4.78 is 6.69. The molecule has 0 unspecified atom stereocenters. The van der Waals surface area contributed by atoms with E-state index >= 15 is 0 Å². The van der Waals surface area contributed by atoms with Crippen molar-refractivity contribution in [1.82, 2.24) is 19.7 Å². The topological polar surface area (TPSA) is 69.9 Å². The molecule has 0 saturated heterocycles. The predicted octanol–water partition coefficient (Wildman–Crippen LogP) is 2.26. The van der Waals surface area contributed by atoms with Crippen LogP contribution in [0.3, 0.4) is 0 Å². The maximum Gasteiger partial charge on any atom is 0.316 e. The van der Waals surface area contributed by atoms with Crippen molar-refractivity contribution in [3.8, 4) is 11.4 Å². The van der Waals surface area contributed by atoms with E-state index in [9.17, 15) is 4.79 Å². The molecule has 2 rings (SSSR count). The fraction of sp³-hybridized carbons (Fsp3) is 0.429. The Bertz CT molecular complexity index is 598. The molecular formula is C14H18N4O2S. The summed E-state index contributed by atoms with van der Waals surface area (Å²) in [5, 5.41) is 9.18. The van der Waals surface area contributed by atoms with Crippen LogP contribution in [0, 0.1) is 5.92 Å². The number of hydrogen-bond donors (Lipinski definition) is 0. The number of esters is 1. The molecule has 6 nitrogen and oxygen atoms in total. The second-order valence-electron chi connectivity index (χ2n) is 4.91. The molecule has 0 aliphatic carbocycles. The number of thioether (sulfide) groups is 1. The van der Waals surface area contributed by atoms with E-state index in [-0.39, 0.29) is 11.7 Å². The van der Waals surface area contributed by atoms with Crippen LogP contribution in [0.4, 0.5) is 0 Å². The van der Waals surface area contributed by atoms with E-state index in [0.29, 0.717) is 5.92 Å². The molecule has 0 atom stereocenters. The molecule has 21 heavy (non-hydrogen) atoms. The van der Waals surface area contributed by atoms with Gasteiger partial charge in [-0.05, 0) is 18.1 Å². The Balaban J connectivity index is 2.29. The molecule has 2 heterocycles. The van der Waals surface area contributed by atoms with Crippen molar-refractivity contribution >= 4 is 17.7 Å². The number of methoxy groups -OCH3 is 1. The smallest absolute Gasteiger partial charge is 0.316 e. The minimum atomic E-state index is -0.274. The van der Waals surface area contributed by atoms with Gasteiger partial charge in [0, 0.05) is 24.5 Å². The first-order chi connectivity index (χ1) is 10.1. The fourth-order valence-electron chi connectivity index (χ4n) is 1.82. The Morgan fingerprint density at radius 1 is 1.33 bits per heavy atom. The van der Waals surface area contributed by atoms with Crippen LogP contribution in [0.2, 0.25) is 0 Å². The molecule has 7 heteroatoms. The van der Waals surface area contributed by atoms with Gasteiger partial charge in [0.2, 0.25) is 0 Å². The molecule has 2 aromatic heterocycles. The molecule has 0 aromatic carbocycles. The van der Waals surface area contributed by atoms with E-state index < -0.39 is 0 Å². The lowest BCUT2D eigenvalue weighted by Gasteiger charge is -2.12. The maximum atomic E-state index is 11.3. The lowest BCUT2D eigenvalue weighted by Crippen LogP contribution is -2.09. The minimum Gasteiger partial charge on any atom is -0.468 e. The summed E-state index contributed by atoms with van der Waals surface area (Å²) in [6.07, 6.45) is 3.45. The molecule has 0 fully saturated rings. The van der Waals surface area contributed by atoms with Gasteiger partial charge in [0.15, 0.2) is 11.0 Å². The number of hydrogen-bond acceptors (Lipinski definition) is 6. The highest BCUT2D eigenvalue weighted by molar-refractivity contribution is 7.99. The predicted molar refractivity (Wildman–Crippen MR) is 80.8 cm³/mol. The summed E-state index contributed by atoms with van der Waals surface area (Å²) in [6, 6.07) is 3.80. The van der Waals surface area contributed by atoms with Gasteiger partial charge < -0.3 is 9.30 Å². The third kappa shape index (κ3) is 4.04. The molecule has 0 saturated carbocycles. The Hall–Kier alpha value is -1.89. The van der Waals surface area contributed by atoms with E-state index in [1.54, 1.807) is 12.4 Å². The zero-order chi connectivity index (χ0) is 15.2. The molecular weight excluding hydrogens is 288 g/mol. The highest BCUT2D eigenvalue weighted by atomic mass is 32.2. The van der Waals surface area contributed by atoms with Crippen LogP contribution in [0.25, 0.3) is 11.4 Å². The zero-order valence-corrected chi connectivity index (χ0v) is 13.1. The summed E-state index contributed by atoms with van der Waals surface area (Å²) in [5.41, 5.74) is 0.961. The van der Waals surface area contributed by atoms with Crippen molar-refractivity contribution in [1.29, 1.82) is 0 Å². The summed E-state index contributed by atoms with van der Waals surface area (Å²) >= 11 is 1.34. The molecule has 0 aliphatic rings. The third-order valence-electron chi connectivity index (χ3n) is 2.75. The lowest BCUT2D eigenvalue weighted by molar-refractivity contribution is -0.137. The summed E-state index contributed by atoms with van der Waals surface area (Å²) in [7, 11) is 1.38. The van der Waals surface area contributed by atoms with E-state index in [4.69, 9.17) is 0 Å². The number of ether oxygens (including phenoxy) is 1. The van der Waals surface area contributed by atoms with Gasteiger partial charge in [-0.15, -0.1) is 10.2 Å². The number of pyridine rings is 1. The Morgan fingerprint density at radius 3 is 2.67 bits per heavy atom. The largest absolute Gasteiger partial charge is 0.468 e. The highest BCUT2D eigenvalue weighted by Crippen LogP contribution is 2.24. The van der Waals surface area contributed by atoms with Gasteiger partial charge in [0.1, 0.15) is 0 Å². The molecule has 0 aliphatic heterocycles. The monoisotopic (exact) mass is 306 g/mol. The molecule has 0 radical (unpaired) electrons. The molecule has 0 N–H and O–H groups in total. The summed E-state index contributed by atoms with van der Waals surface area (Å²) in [5.74, 6) is 1.19. The van der Waals surface area contributed by atoms with Crippen LogP contribution in [0.1, 0.15) is 13.8 Å². The standard InChI is InChI=1S/C14H18N4O2S/c1-10(2)8-18-13(11-4-6-15-7-5-11)16-17-14(18)21-9-12(19)20-3/h4-7,10H,8-9H2,1-3H3. The van der Waals surface area contributed by atoms with Crippen molar-refractivity contribution in [3.63, 3.8) is 0 Å². The molecule has 0 bridgehead atoms. The van der Waals surface area contributed by atoms with E-state index in [0.717, 1.165) is 23.1 Å². The summed E-state index contributed by atoms with van der Waals surface area (Å²) in [4.78, 5) is 15.3. The number of rotatable bonds is 6. The summed E-state index contributed by atoms with van der Waals surface area (Å²) in [6.45, 7) is 5.05. The number of aromatic nitrogens is 4. The van der Waals surface area contributed by atoms with Crippen molar-refractivity contribution in [2.45, 2.75) is 25.5 Å². The van der Waals surface area contributed by atoms with Gasteiger partial charge in [0.05, 0.1) is 12.9 Å². The zero-order valence-electron chi connectivity index (χ0n) is 12.3. The first-order valence-corrected chi connectivity index (χ1v) is 7.63. The average molecular weight is 306 g/mol. The van der Waals surface area contributed by atoms with Gasteiger partial charge in [-0.1, -0.05) is 25.6 Å². The second kappa shape index (κ2) is 7.21. The van der Waals surface area contributed by atoms with Gasteiger partial charge in [0.25, 0.3) is 0 Å². The van der Waals surface area contributed by atoms with Crippen LogP contribution in [0.15, 0.2) is 29.7 Å². The molecule has 112 valence electrons. The quantitative estimate of drug-likeness (QED) is 0.602. The minimum absolute atomic E-state index is 0.225. The van der Waals surface area contributed by atoms with E-state index in [2.05, 4.69) is 33.8 Å². The Labute approximate surface area is 127 Å². The normalized spacial score (nSPS) is 10.9. The SMILES string of the molecule is COC(=O)CSc1nnc(-c2ccncc2)n1CC(C)C. The van der Waals surface area contributed by atoms with Gasteiger partial charge in [-0.3, -0.25) is 9.78 Å². The van der Waals surface area contributed by atoms with Crippen molar-refractivity contribution in [3.05, 3.63) is 24.5 Å². The second-order valence-corrected chi connectivity index (χ2v) is 5.85. The number of carbonyl (C=O) groups excluding carboxylic acids is 1. The van der Waals surface area contributed by atoms with Gasteiger partial charge in [-0.25, -0.2) is 0 Å². The molecule has 0 spiro atoms. The van der Waals surface area contributed by atoms with Gasteiger partial charge in [-0.2, -0.15) is 0 Å². The van der Waals surface area contributed by atoms with Crippen molar-refractivity contribution < 1.29 is 9.53 Å². The van der Waals surface area contributed by atoms with Crippen LogP contribution >= 0.6 is 11.8 Å². The number of carbonyl (C=O) groups is 1. The Morgan fingerprint density at radius 2 is 2.05 bits per heavy atom. The van der Waals surface area contributed by atoms with Crippen molar-refractivity contribution in [2.24, 2.45) is 5.92 Å². The third-order valence-corrected chi connectivity index (χ3v) is 3.69. The molecule has 0 amide bonds. The first-order valence-electron chi connectivity index (χ1n) is 6.65. The van der Waals surface area contributed by atoms with Crippen LogP contribution in [-0.4, -0.2) is 38.6 Å². The van der Waals surface area contributed by atoms with Crippen molar-refractivity contribution in [2.75, 3.05) is 12.9 Å².